The van der Waals surface area contributed by atoms with E-state index in [1.807, 2.05) is 0 Å². The fraction of sp³-hybridized carbons (Fsp3) is 0.538. The number of benzene rings is 1. The van der Waals surface area contributed by atoms with E-state index in [4.69, 9.17) is 5.11 Å². The topological polar surface area (TPSA) is 75.4 Å². The fourth-order valence-electron chi connectivity index (χ4n) is 2.83. The van der Waals surface area contributed by atoms with Crippen molar-refractivity contribution in [2.75, 3.05) is 6.61 Å². The van der Waals surface area contributed by atoms with Crippen LogP contribution in [0.15, 0.2) is 18.2 Å². The van der Waals surface area contributed by atoms with E-state index >= 15 is 0 Å². The SMILES string of the molecule is O=[N+]([O-])c1ccc(C2C[C@@H](CO)N[C@H]2C(F)(F)F)cc1C(F)(F)F. The maximum Gasteiger partial charge on any atom is 0.423 e. The minimum absolute atomic E-state index is 0.240. The second-order valence-corrected chi connectivity index (χ2v) is 5.44. The number of hydrogen-bond acceptors (Lipinski definition) is 4. The lowest BCUT2D eigenvalue weighted by Crippen LogP contribution is -2.43. The average Bonchev–Trinajstić information content (AvgIpc) is 2.90. The number of aliphatic hydroxyl groups excluding tert-OH is 1. The molecule has 1 aromatic carbocycles. The number of nitro benzene ring substituents is 1. The van der Waals surface area contributed by atoms with Crippen molar-refractivity contribution >= 4 is 5.69 Å². The first kappa shape index (κ1) is 18.5. The molecule has 24 heavy (non-hydrogen) atoms. The van der Waals surface area contributed by atoms with E-state index in [0.29, 0.717) is 12.1 Å². The fourth-order valence-corrected chi connectivity index (χ4v) is 2.83. The molecule has 1 unspecified atom stereocenters. The predicted octanol–water partition coefficient (Wildman–Crippen LogP) is 2.98. The smallest absolute Gasteiger partial charge is 0.395 e. The lowest BCUT2D eigenvalue weighted by Gasteiger charge is -2.23. The molecule has 0 saturated carbocycles. The number of aliphatic hydroxyl groups is 1. The number of alkyl halides is 6. The molecule has 1 saturated heterocycles. The van der Waals surface area contributed by atoms with Gasteiger partial charge in [-0.05, 0) is 18.1 Å². The molecule has 2 rings (SSSR count). The van der Waals surface area contributed by atoms with Crippen molar-refractivity contribution in [2.24, 2.45) is 0 Å². The molecule has 5 nitrogen and oxygen atoms in total. The van der Waals surface area contributed by atoms with Crippen LogP contribution in [-0.4, -0.2) is 34.9 Å². The van der Waals surface area contributed by atoms with Gasteiger partial charge in [-0.1, -0.05) is 6.07 Å². The van der Waals surface area contributed by atoms with E-state index in [1.54, 1.807) is 0 Å². The molecule has 1 aromatic rings. The van der Waals surface area contributed by atoms with Gasteiger partial charge in [0.25, 0.3) is 5.69 Å². The maximum atomic E-state index is 13.1. The van der Waals surface area contributed by atoms with Gasteiger partial charge >= 0.3 is 12.4 Å². The number of nitro groups is 1. The molecule has 0 bridgehead atoms. The molecule has 0 aliphatic carbocycles. The van der Waals surface area contributed by atoms with Crippen LogP contribution in [-0.2, 0) is 6.18 Å². The van der Waals surface area contributed by atoms with Crippen molar-refractivity contribution in [3.63, 3.8) is 0 Å². The summed E-state index contributed by atoms with van der Waals surface area (Å²) in [6, 6.07) is -1.25. The molecule has 11 heteroatoms. The van der Waals surface area contributed by atoms with Gasteiger partial charge in [0.05, 0.1) is 11.5 Å². The Morgan fingerprint density at radius 1 is 1.25 bits per heavy atom. The van der Waals surface area contributed by atoms with Gasteiger partial charge in [-0.25, -0.2) is 0 Å². The van der Waals surface area contributed by atoms with Crippen LogP contribution in [0.2, 0.25) is 0 Å². The minimum Gasteiger partial charge on any atom is -0.395 e. The second kappa shape index (κ2) is 6.20. The number of nitrogens with one attached hydrogen (secondary N) is 1. The van der Waals surface area contributed by atoms with Crippen LogP contribution in [0.3, 0.4) is 0 Å². The Balaban J connectivity index is 2.49. The molecule has 2 N–H and O–H groups in total. The summed E-state index contributed by atoms with van der Waals surface area (Å²) in [5.74, 6) is -1.39. The Morgan fingerprint density at radius 2 is 1.88 bits per heavy atom. The van der Waals surface area contributed by atoms with Crippen LogP contribution in [0, 0.1) is 10.1 Å². The standard InChI is InChI=1S/C13H12F6N2O3/c14-12(15,16)9-3-6(1-2-10(9)21(23)24)8-4-7(5-22)20-11(8)13(17,18)19/h1-3,7-8,11,20,22H,4-5H2/t7-,8?,11+/m0/s1. The molecule has 0 amide bonds. The molecule has 0 radical (unpaired) electrons. The Morgan fingerprint density at radius 3 is 2.33 bits per heavy atom. The summed E-state index contributed by atoms with van der Waals surface area (Å²) in [4.78, 5) is 9.46. The van der Waals surface area contributed by atoms with Crippen molar-refractivity contribution < 1.29 is 36.4 Å². The van der Waals surface area contributed by atoms with Crippen molar-refractivity contribution in [2.45, 2.75) is 36.8 Å². The zero-order valence-electron chi connectivity index (χ0n) is 11.9. The Bertz CT molecular complexity index is 631. The molecule has 1 heterocycles. The van der Waals surface area contributed by atoms with Gasteiger partial charge in [-0.3, -0.25) is 10.1 Å². The maximum absolute atomic E-state index is 13.1. The summed E-state index contributed by atoms with van der Waals surface area (Å²) >= 11 is 0. The summed E-state index contributed by atoms with van der Waals surface area (Å²) in [7, 11) is 0. The Labute approximate surface area is 131 Å². The van der Waals surface area contributed by atoms with E-state index in [0.717, 1.165) is 6.07 Å². The molecule has 0 spiro atoms. The molecular formula is C13H12F6N2O3. The van der Waals surface area contributed by atoms with Crippen molar-refractivity contribution in [3.05, 3.63) is 39.4 Å². The molecule has 3 atom stereocenters. The number of nitrogens with zero attached hydrogens (tertiary/aromatic N) is 1. The van der Waals surface area contributed by atoms with Gasteiger partial charge in [0.15, 0.2) is 0 Å². The third kappa shape index (κ3) is 3.61. The first-order chi connectivity index (χ1) is 10.9. The normalized spacial score (nSPS) is 25.0. The van der Waals surface area contributed by atoms with Gasteiger partial charge < -0.3 is 10.4 Å². The zero-order valence-corrected chi connectivity index (χ0v) is 11.9. The highest BCUT2D eigenvalue weighted by atomic mass is 19.4. The summed E-state index contributed by atoms with van der Waals surface area (Å²) < 4.78 is 78.1. The Hall–Kier alpha value is -1.88. The lowest BCUT2D eigenvalue weighted by atomic mass is 9.89. The van der Waals surface area contributed by atoms with E-state index in [-0.39, 0.29) is 12.0 Å². The molecule has 1 aliphatic rings. The highest BCUT2D eigenvalue weighted by Crippen LogP contribution is 2.43. The quantitative estimate of drug-likeness (QED) is 0.495. The largest absolute Gasteiger partial charge is 0.423 e. The lowest BCUT2D eigenvalue weighted by molar-refractivity contribution is -0.388. The van der Waals surface area contributed by atoms with E-state index in [9.17, 15) is 36.5 Å². The van der Waals surface area contributed by atoms with Crippen molar-refractivity contribution in [1.29, 1.82) is 0 Å². The van der Waals surface area contributed by atoms with Gasteiger partial charge in [-0.2, -0.15) is 26.3 Å². The van der Waals surface area contributed by atoms with Gasteiger partial charge in [0.2, 0.25) is 0 Å². The monoisotopic (exact) mass is 358 g/mol. The highest BCUT2D eigenvalue weighted by molar-refractivity contribution is 5.46. The number of hydrogen-bond donors (Lipinski definition) is 2. The third-order valence-electron chi connectivity index (χ3n) is 3.88. The van der Waals surface area contributed by atoms with Gasteiger partial charge in [0.1, 0.15) is 11.6 Å². The van der Waals surface area contributed by atoms with Crippen LogP contribution in [0.1, 0.15) is 23.5 Å². The summed E-state index contributed by atoms with van der Waals surface area (Å²) in [5.41, 5.74) is -3.14. The first-order valence-corrected chi connectivity index (χ1v) is 6.74. The third-order valence-corrected chi connectivity index (χ3v) is 3.88. The van der Waals surface area contributed by atoms with Crippen LogP contribution >= 0.6 is 0 Å². The average molecular weight is 358 g/mol. The zero-order chi connectivity index (χ0) is 18.3. The van der Waals surface area contributed by atoms with Crippen molar-refractivity contribution in [3.8, 4) is 0 Å². The summed E-state index contributed by atoms with van der Waals surface area (Å²) in [6.07, 6.45) is -10.1. The first-order valence-electron chi connectivity index (χ1n) is 6.74. The second-order valence-electron chi connectivity index (χ2n) is 5.44. The van der Waals surface area contributed by atoms with Crippen LogP contribution in [0.5, 0.6) is 0 Å². The minimum atomic E-state index is -5.07. The van der Waals surface area contributed by atoms with Crippen molar-refractivity contribution in [1.82, 2.24) is 5.32 Å². The Kier molecular flexibility index (Phi) is 4.77. The summed E-state index contributed by atoms with van der Waals surface area (Å²) in [5, 5.41) is 21.9. The highest BCUT2D eigenvalue weighted by Gasteiger charge is 2.51. The van der Waals surface area contributed by atoms with E-state index < -0.39 is 53.1 Å². The molecule has 134 valence electrons. The van der Waals surface area contributed by atoms with E-state index in [2.05, 4.69) is 5.32 Å². The molecule has 1 fully saturated rings. The molecule has 0 aromatic heterocycles. The van der Waals surface area contributed by atoms with Crippen LogP contribution in [0.4, 0.5) is 32.0 Å². The van der Waals surface area contributed by atoms with Crippen LogP contribution in [0.25, 0.3) is 0 Å². The number of halogens is 6. The summed E-state index contributed by atoms with van der Waals surface area (Å²) in [6.45, 7) is -0.609. The van der Waals surface area contributed by atoms with Gasteiger partial charge in [-0.15, -0.1) is 0 Å². The van der Waals surface area contributed by atoms with Gasteiger partial charge in [0, 0.05) is 18.0 Å². The van der Waals surface area contributed by atoms with Crippen LogP contribution < -0.4 is 5.32 Å². The molecule has 1 aliphatic heterocycles. The van der Waals surface area contributed by atoms with E-state index in [1.165, 1.54) is 0 Å². The number of rotatable bonds is 3. The molecular weight excluding hydrogens is 346 g/mol. The predicted molar refractivity (Wildman–Crippen MR) is 69.3 cm³/mol.